The van der Waals surface area contributed by atoms with Crippen molar-refractivity contribution in [1.29, 1.82) is 0 Å². The number of benzene rings is 1. The fraction of sp³-hybridized carbons (Fsp3) is 0.133. The Labute approximate surface area is 101 Å². The molecule has 0 N–H and O–H groups in total. The molecule has 0 spiro atoms. The smallest absolute Gasteiger partial charge is 0.186 e. The van der Waals surface area contributed by atoms with Gasteiger partial charge in [0.1, 0.15) is 11.5 Å². The first-order chi connectivity index (χ1) is 8.16. The molecular formula is C15H14O2. The van der Waals surface area contributed by atoms with Crippen LogP contribution in [0.15, 0.2) is 46.9 Å². The van der Waals surface area contributed by atoms with E-state index in [1.807, 2.05) is 50.2 Å². The van der Waals surface area contributed by atoms with Crippen molar-refractivity contribution in [1.82, 2.24) is 0 Å². The van der Waals surface area contributed by atoms with Crippen LogP contribution in [-0.2, 0) is 0 Å². The second-order valence-electron chi connectivity index (χ2n) is 3.96. The number of ketones is 1. The average Bonchev–Trinajstić information content (AvgIpc) is 2.73. The van der Waals surface area contributed by atoms with E-state index in [-0.39, 0.29) is 5.78 Å². The molecule has 0 amide bonds. The highest BCUT2D eigenvalue weighted by atomic mass is 16.3. The van der Waals surface area contributed by atoms with E-state index in [4.69, 9.17) is 4.42 Å². The molecule has 2 heteroatoms. The minimum Gasteiger partial charge on any atom is -0.462 e. The number of carbonyl (C=O) groups excluding carboxylic acids is 1. The summed E-state index contributed by atoms with van der Waals surface area (Å²) in [4.78, 5) is 11.9. The van der Waals surface area contributed by atoms with Crippen molar-refractivity contribution in [2.24, 2.45) is 0 Å². The van der Waals surface area contributed by atoms with Crippen molar-refractivity contribution < 1.29 is 9.21 Å². The summed E-state index contributed by atoms with van der Waals surface area (Å²) in [7, 11) is 0. The zero-order valence-electron chi connectivity index (χ0n) is 9.94. The van der Waals surface area contributed by atoms with Crippen molar-refractivity contribution in [2.75, 3.05) is 0 Å². The predicted octanol–water partition coefficient (Wildman–Crippen LogP) is 3.79. The average molecular weight is 226 g/mol. The van der Waals surface area contributed by atoms with Gasteiger partial charge in [-0.2, -0.15) is 0 Å². The number of furan rings is 1. The third-order valence-corrected chi connectivity index (χ3v) is 2.57. The molecule has 0 radical (unpaired) electrons. The van der Waals surface area contributed by atoms with E-state index in [2.05, 4.69) is 0 Å². The van der Waals surface area contributed by atoms with E-state index in [1.54, 1.807) is 12.2 Å². The van der Waals surface area contributed by atoms with Gasteiger partial charge < -0.3 is 4.42 Å². The fourth-order valence-corrected chi connectivity index (χ4v) is 1.64. The lowest BCUT2D eigenvalue weighted by atomic mass is 10.0. The maximum atomic E-state index is 11.9. The van der Waals surface area contributed by atoms with E-state index in [9.17, 15) is 4.79 Å². The SMILES string of the molecule is Cc1ccc(C=CC(=O)c2ccccc2C)o1. The molecule has 0 bridgehead atoms. The van der Waals surface area contributed by atoms with Crippen molar-refractivity contribution in [2.45, 2.75) is 13.8 Å². The first-order valence-corrected chi connectivity index (χ1v) is 5.51. The molecule has 0 aliphatic rings. The molecule has 1 aromatic heterocycles. The molecule has 0 aliphatic carbocycles. The number of carbonyl (C=O) groups is 1. The topological polar surface area (TPSA) is 30.2 Å². The highest BCUT2D eigenvalue weighted by molar-refractivity contribution is 6.07. The number of hydrogen-bond donors (Lipinski definition) is 0. The molecule has 2 rings (SSSR count). The van der Waals surface area contributed by atoms with Crippen LogP contribution < -0.4 is 0 Å². The summed E-state index contributed by atoms with van der Waals surface area (Å²) in [5.74, 6) is 1.54. The first-order valence-electron chi connectivity index (χ1n) is 5.51. The number of allylic oxidation sites excluding steroid dienone is 1. The Morgan fingerprint density at radius 3 is 2.53 bits per heavy atom. The summed E-state index contributed by atoms with van der Waals surface area (Å²) in [6.07, 6.45) is 3.24. The highest BCUT2D eigenvalue weighted by Gasteiger charge is 2.04. The third kappa shape index (κ3) is 2.72. The molecule has 0 unspecified atom stereocenters. The first kappa shape index (κ1) is 11.4. The second-order valence-corrected chi connectivity index (χ2v) is 3.96. The Kier molecular flexibility index (Phi) is 3.24. The lowest BCUT2D eigenvalue weighted by molar-refractivity contribution is 0.104. The van der Waals surface area contributed by atoms with Gasteiger partial charge in [-0.15, -0.1) is 0 Å². The molecule has 86 valence electrons. The van der Waals surface area contributed by atoms with Crippen LogP contribution in [0.5, 0.6) is 0 Å². The van der Waals surface area contributed by atoms with Crippen LogP contribution >= 0.6 is 0 Å². The summed E-state index contributed by atoms with van der Waals surface area (Å²) in [5.41, 5.74) is 1.71. The Morgan fingerprint density at radius 1 is 1.12 bits per heavy atom. The zero-order chi connectivity index (χ0) is 12.3. The van der Waals surface area contributed by atoms with Gasteiger partial charge in [0.05, 0.1) is 0 Å². The van der Waals surface area contributed by atoms with Crippen LogP contribution in [0.4, 0.5) is 0 Å². The van der Waals surface area contributed by atoms with E-state index in [0.717, 1.165) is 16.9 Å². The molecule has 0 atom stereocenters. The maximum Gasteiger partial charge on any atom is 0.186 e. The van der Waals surface area contributed by atoms with Crippen LogP contribution in [0.1, 0.15) is 27.4 Å². The standard InChI is InChI=1S/C15H14O2/c1-11-5-3-4-6-14(11)15(16)10-9-13-8-7-12(2)17-13/h3-10H,1-2H3. The molecule has 2 aromatic rings. The molecular weight excluding hydrogens is 212 g/mol. The van der Waals surface area contributed by atoms with Gasteiger partial charge in [0, 0.05) is 5.56 Å². The molecule has 17 heavy (non-hydrogen) atoms. The van der Waals surface area contributed by atoms with Gasteiger partial charge in [-0.25, -0.2) is 0 Å². The Bertz CT molecular complexity index is 562. The maximum absolute atomic E-state index is 11.9. The van der Waals surface area contributed by atoms with Crippen molar-refractivity contribution >= 4 is 11.9 Å². The normalized spacial score (nSPS) is 10.9. The number of hydrogen-bond acceptors (Lipinski definition) is 2. The van der Waals surface area contributed by atoms with E-state index >= 15 is 0 Å². The fourth-order valence-electron chi connectivity index (χ4n) is 1.64. The van der Waals surface area contributed by atoms with Gasteiger partial charge in [0.25, 0.3) is 0 Å². The van der Waals surface area contributed by atoms with Crippen molar-refractivity contribution in [3.8, 4) is 0 Å². The summed E-state index contributed by atoms with van der Waals surface area (Å²) in [6, 6.07) is 11.3. The van der Waals surface area contributed by atoms with Gasteiger partial charge in [0.15, 0.2) is 5.78 Å². The molecule has 0 saturated heterocycles. The van der Waals surface area contributed by atoms with E-state index in [1.165, 1.54) is 0 Å². The van der Waals surface area contributed by atoms with Gasteiger partial charge in [-0.3, -0.25) is 4.79 Å². The van der Waals surface area contributed by atoms with Crippen LogP contribution in [0.2, 0.25) is 0 Å². The summed E-state index contributed by atoms with van der Waals surface area (Å²) in [5, 5.41) is 0. The van der Waals surface area contributed by atoms with Gasteiger partial charge in [-0.1, -0.05) is 24.3 Å². The Hall–Kier alpha value is -2.09. The molecule has 0 aliphatic heterocycles. The van der Waals surface area contributed by atoms with Crippen molar-refractivity contribution in [3.05, 3.63) is 65.1 Å². The lowest BCUT2D eigenvalue weighted by Crippen LogP contribution is -1.96. The Balaban J connectivity index is 2.17. The zero-order valence-corrected chi connectivity index (χ0v) is 9.94. The summed E-state index contributed by atoms with van der Waals surface area (Å²) < 4.78 is 5.36. The van der Waals surface area contributed by atoms with Gasteiger partial charge in [-0.05, 0) is 43.7 Å². The predicted molar refractivity (Wildman–Crippen MR) is 68.0 cm³/mol. The summed E-state index contributed by atoms with van der Waals surface area (Å²) in [6.45, 7) is 3.80. The van der Waals surface area contributed by atoms with Crippen LogP contribution in [0, 0.1) is 13.8 Å². The molecule has 1 heterocycles. The number of aryl methyl sites for hydroxylation is 2. The lowest BCUT2D eigenvalue weighted by Gasteiger charge is -1.99. The molecule has 1 aromatic carbocycles. The van der Waals surface area contributed by atoms with E-state index < -0.39 is 0 Å². The van der Waals surface area contributed by atoms with Crippen LogP contribution in [0.25, 0.3) is 6.08 Å². The highest BCUT2D eigenvalue weighted by Crippen LogP contribution is 2.11. The van der Waals surface area contributed by atoms with Gasteiger partial charge >= 0.3 is 0 Å². The van der Waals surface area contributed by atoms with E-state index in [0.29, 0.717) is 5.76 Å². The molecule has 0 fully saturated rings. The number of rotatable bonds is 3. The van der Waals surface area contributed by atoms with Crippen LogP contribution in [0.3, 0.4) is 0 Å². The monoisotopic (exact) mass is 226 g/mol. The largest absolute Gasteiger partial charge is 0.462 e. The minimum atomic E-state index is -0.00264. The quantitative estimate of drug-likeness (QED) is 0.588. The van der Waals surface area contributed by atoms with Crippen molar-refractivity contribution in [3.63, 3.8) is 0 Å². The molecule has 0 saturated carbocycles. The minimum absolute atomic E-state index is 0.00264. The molecule has 2 nitrogen and oxygen atoms in total. The third-order valence-electron chi connectivity index (χ3n) is 2.57. The van der Waals surface area contributed by atoms with Crippen LogP contribution in [-0.4, -0.2) is 5.78 Å². The van der Waals surface area contributed by atoms with Gasteiger partial charge in [0.2, 0.25) is 0 Å². The summed E-state index contributed by atoms with van der Waals surface area (Å²) >= 11 is 0. The Morgan fingerprint density at radius 2 is 1.88 bits per heavy atom. The second kappa shape index (κ2) is 4.83.